The molecule has 0 atom stereocenters. The largest absolute Gasteiger partial charge is 0.379 e. The Balaban J connectivity index is 1.42. The molecule has 2 aliphatic rings. The molecule has 1 fully saturated rings. The maximum atomic E-state index is 5.41. The molecule has 4 heterocycles. The third kappa shape index (κ3) is 3.20. The highest BCUT2D eigenvalue weighted by Crippen LogP contribution is 2.22. The van der Waals surface area contributed by atoms with Gasteiger partial charge in [0.1, 0.15) is 11.5 Å². The highest BCUT2D eigenvalue weighted by atomic mass is 16.5. The number of nitrogens with one attached hydrogen (secondary N) is 1. The molecule has 0 bridgehead atoms. The summed E-state index contributed by atoms with van der Waals surface area (Å²) in [6.45, 7) is 8.84. The van der Waals surface area contributed by atoms with Crippen LogP contribution in [0.25, 0.3) is 17.1 Å². The average Bonchev–Trinajstić information content (AvgIpc) is 3.18. The first-order valence-corrected chi connectivity index (χ1v) is 8.52. The Hall–Kier alpha value is -2.18. The Labute approximate surface area is 141 Å². The summed E-state index contributed by atoms with van der Waals surface area (Å²) >= 11 is 0. The summed E-state index contributed by atoms with van der Waals surface area (Å²) in [5.41, 5.74) is 3.19. The number of aromatic amines is 1. The van der Waals surface area contributed by atoms with Gasteiger partial charge in [-0.25, -0.2) is 9.98 Å². The standard InChI is InChI=1S/C18H23N5O/c1-14-21-16(11-15-12-20-18-17(15)3-2-4-19-18)13-23(14)6-5-22-7-9-24-10-8-22/h2-4,11-12H,5-10,13H2,1H3,(H,19,20)/b16-11-. The van der Waals surface area contributed by atoms with Crippen molar-refractivity contribution in [2.45, 2.75) is 6.92 Å². The molecule has 6 heteroatoms. The molecule has 0 radical (unpaired) electrons. The van der Waals surface area contributed by atoms with Gasteiger partial charge in [0.2, 0.25) is 0 Å². The van der Waals surface area contributed by atoms with E-state index in [1.165, 1.54) is 0 Å². The Bertz CT molecular complexity index is 773. The molecule has 0 aromatic carbocycles. The van der Waals surface area contributed by atoms with Gasteiger partial charge in [-0.1, -0.05) is 0 Å². The SMILES string of the molecule is CC1=N/C(=C\c2c[nH]c3ncccc23)CN1CCN1CCOCC1. The van der Waals surface area contributed by atoms with Crippen molar-refractivity contribution in [3.05, 3.63) is 35.8 Å². The smallest absolute Gasteiger partial charge is 0.137 e. The number of nitrogens with zero attached hydrogens (tertiary/aromatic N) is 4. The molecule has 1 saturated heterocycles. The van der Waals surface area contributed by atoms with Crippen LogP contribution in [-0.2, 0) is 4.74 Å². The van der Waals surface area contributed by atoms with Gasteiger partial charge in [0.15, 0.2) is 0 Å². The van der Waals surface area contributed by atoms with Crippen LogP contribution in [0, 0.1) is 0 Å². The van der Waals surface area contributed by atoms with Crippen molar-refractivity contribution in [2.75, 3.05) is 45.9 Å². The zero-order valence-corrected chi connectivity index (χ0v) is 14.0. The van der Waals surface area contributed by atoms with E-state index in [0.717, 1.165) is 74.1 Å². The molecule has 24 heavy (non-hydrogen) atoms. The van der Waals surface area contributed by atoms with Crippen molar-refractivity contribution >= 4 is 22.9 Å². The molecular formula is C18H23N5O. The topological polar surface area (TPSA) is 56.8 Å². The predicted octanol–water partition coefficient (Wildman–Crippen LogP) is 1.97. The summed E-state index contributed by atoms with van der Waals surface area (Å²) in [7, 11) is 0. The summed E-state index contributed by atoms with van der Waals surface area (Å²) in [5, 5.41) is 1.14. The predicted molar refractivity (Wildman–Crippen MR) is 96.0 cm³/mol. The first-order chi connectivity index (χ1) is 11.8. The van der Waals surface area contributed by atoms with Crippen molar-refractivity contribution in [2.24, 2.45) is 4.99 Å². The van der Waals surface area contributed by atoms with Crippen molar-refractivity contribution in [3.63, 3.8) is 0 Å². The van der Waals surface area contributed by atoms with E-state index in [0.29, 0.717) is 0 Å². The number of aromatic nitrogens is 2. The number of hydrogen-bond donors (Lipinski definition) is 1. The molecular weight excluding hydrogens is 302 g/mol. The van der Waals surface area contributed by atoms with Gasteiger partial charge >= 0.3 is 0 Å². The Morgan fingerprint density at radius 2 is 2.17 bits per heavy atom. The van der Waals surface area contributed by atoms with E-state index in [1.54, 1.807) is 6.20 Å². The van der Waals surface area contributed by atoms with E-state index in [-0.39, 0.29) is 0 Å². The number of aliphatic imine (C=N–C) groups is 1. The lowest BCUT2D eigenvalue weighted by Crippen LogP contribution is -2.41. The Morgan fingerprint density at radius 1 is 1.29 bits per heavy atom. The number of rotatable bonds is 4. The fraction of sp³-hybridized carbons (Fsp3) is 0.444. The quantitative estimate of drug-likeness (QED) is 0.934. The molecule has 2 aliphatic heterocycles. The van der Waals surface area contributed by atoms with Crippen molar-refractivity contribution in [1.29, 1.82) is 0 Å². The molecule has 0 unspecified atom stereocenters. The molecule has 6 nitrogen and oxygen atoms in total. The van der Waals surface area contributed by atoms with E-state index in [9.17, 15) is 0 Å². The van der Waals surface area contributed by atoms with Crippen LogP contribution in [-0.4, -0.2) is 71.5 Å². The summed E-state index contributed by atoms with van der Waals surface area (Å²) in [6.07, 6.45) is 5.98. The third-order valence-corrected chi connectivity index (χ3v) is 4.71. The van der Waals surface area contributed by atoms with Gasteiger partial charge in [-0.2, -0.15) is 0 Å². The normalized spacial score (nSPS) is 21.0. The lowest BCUT2D eigenvalue weighted by Gasteiger charge is -2.29. The maximum Gasteiger partial charge on any atom is 0.137 e. The summed E-state index contributed by atoms with van der Waals surface area (Å²) in [4.78, 5) is 17.1. The molecule has 0 spiro atoms. The average molecular weight is 325 g/mol. The second kappa shape index (κ2) is 6.75. The van der Waals surface area contributed by atoms with Gasteiger partial charge in [0.25, 0.3) is 0 Å². The zero-order valence-electron chi connectivity index (χ0n) is 14.0. The van der Waals surface area contributed by atoms with Crippen LogP contribution >= 0.6 is 0 Å². The third-order valence-electron chi connectivity index (χ3n) is 4.71. The van der Waals surface area contributed by atoms with Gasteiger partial charge in [-0.3, -0.25) is 4.90 Å². The van der Waals surface area contributed by atoms with E-state index in [4.69, 9.17) is 9.73 Å². The zero-order chi connectivity index (χ0) is 16.4. The molecule has 126 valence electrons. The van der Waals surface area contributed by atoms with E-state index < -0.39 is 0 Å². The monoisotopic (exact) mass is 325 g/mol. The first-order valence-electron chi connectivity index (χ1n) is 8.52. The van der Waals surface area contributed by atoms with Gasteiger partial charge in [0.05, 0.1) is 25.5 Å². The molecule has 2 aromatic heterocycles. The highest BCUT2D eigenvalue weighted by molar-refractivity contribution is 5.89. The number of fused-ring (bicyclic) bond motifs is 1. The molecule has 1 N–H and O–H groups in total. The second-order valence-electron chi connectivity index (χ2n) is 6.31. The van der Waals surface area contributed by atoms with E-state index >= 15 is 0 Å². The highest BCUT2D eigenvalue weighted by Gasteiger charge is 2.19. The van der Waals surface area contributed by atoms with E-state index in [2.05, 4.69) is 38.8 Å². The lowest BCUT2D eigenvalue weighted by atomic mass is 10.2. The van der Waals surface area contributed by atoms with Crippen LogP contribution in [0.15, 0.2) is 35.2 Å². The minimum absolute atomic E-state index is 0.854. The van der Waals surface area contributed by atoms with Gasteiger partial charge in [-0.05, 0) is 25.1 Å². The van der Waals surface area contributed by atoms with Crippen LogP contribution < -0.4 is 0 Å². The summed E-state index contributed by atoms with van der Waals surface area (Å²) in [6, 6.07) is 4.06. The van der Waals surface area contributed by atoms with Crippen molar-refractivity contribution in [1.82, 2.24) is 19.8 Å². The summed E-state index contributed by atoms with van der Waals surface area (Å²) in [5.74, 6) is 1.10. The van der Waals surface area contributed by atoms with Gasteiger partial charge < -0.3 is 14.6 Å². The van der Waals surface area contributed by atoms with Crippen LogP contribution in [0.4, 0.5) is 0 Å². The molecule has 2 aromatic rings. The number of H-pyrrole nitrogens is 1. The molecule has 0 aliphatic carbocycles. The van der Waals surface area contributed by atoms with Crippen LogP contribution in [0.5, 0.6) is 0 Å². The van der Waals surface area contributed by atoms with Crippen LogP contribution in [0.2, 0.25) is 0 Å². The van der Waals surface area contributed by atoms with E-state index in [1.807, 2.05) is 12.3 Å². The first kappa shape index (κ1) is 15.4. The number of amidine groups is 1. The Kier molecular flexibility index (Phi) is 4.32. The van der Waals surface area contributed by atoms with Crippen LogP contribution in [0.1, 0.15) is 12.5 Å². The molecule has 4 rings (SSSR count). The molecule has 0 saturated carbocycles. The lowest BCUT2D eigenvalue weighted by molar-refractivity contribution is 0.0362. The Morgan fingerprint density at radius 3 is 3.04 bits per heavy atom. The van der Waals surface area contributed by atoms with Gasteiger partial charge in [-0.15, -0.1) is 0 Å². The maximum absolute atomic E-state index is 5.41. The minimum atomic E-state index is 0.854. The fourth-order valence-corrected chi connectivity index (χ4v) is 3.31. The van der Waals surface area contributed by atoms with Crippen LogP contribution in [0.3, 0.4) is 0 Å². The van der Waals surface area contributed by atoms with Crippen molar-refractivity contribution < 1.29 is 4.74 Å². The molecule has 0 amide bonds. The second-order valence-corrected chi connectivity index (χ2v) is 6.31. The number of hydrogen-bond acceptors (Lipinski definition) is 5. The number of ether oxygens (including phenoxy) is 1. The minimum Gasteiger partial charge on any atom is -0.379 e. The summed E-state index contributed by atoms with van der Waals surface area (Å²) < 4.78 is 5.41. The fourth-order valence-electron chi connectivity index (χ4n) is 3.31. The van der Waals surface area contributed by atoms with Crippen molar-refractivity contribution in [3.8, 4) is 0 Å². The number of pyridine rings is 1. The van der Waals surface area contributed by atoms with Gasteiger partial charge in [0, 0.05) is 49.5 Å². The number of morpholine rings is 1.